The molecule has 29 heavy (non-hydrogen) atoms. The second-order valence-electron chi connectivity index (χ2n) is 8.10. The minimum absolute atomic E-state index is 0.00380. The number of ether oxygens (including phenoxy) is 1. The first kappa shape index (κ1) is 19.3. The lowest BCUT2D eigenvalue weighted by Crippen LogP contribution is -2.23. The van der Waals surface area contributed by atoms with Crippen molar-refractivity contribution < 1.29 is 13.9 Å². The second-order valence-corrected chi connectivity index (χ2v) is 8.10. The first-order valence-electron chi connectivity index (χ1n) is 9.70. The Morgan fingerprint density at radius 1 is 1.34 bits per heavy atom. The number of halogens is 1. The van der Waals surface area contributed by atoms with Gasteiger partial charge in [-0.25, -0.2) is 14.4 Å². The van der Waals surface area contributed by atoms with Crippen LogP contribution in [0, 0.1) is 17.1 Å². The van der Waals surface area contributed by atoms with Gasteiger partial charge in [-0.15, -0.1) is 0 Å². The molecule has 2 aromatic rings. The van der Waals surface area contributed by atoms with Crippen molar-refractivity contribution in [3.8, 4) is 5.75 Å². The average Bonchev–Trinajstić information content (AvgIpc) is 3.20. The van der Waals surface area contributed by atoms with Gasteiger partial charge in [0.05, 0.1) is 11.4 Å². The summed E-state index contributed by atoms with van der Waals surface area (Å²) in [6.45, 7) is 4.86. The molecule has 8 heteroatoms. The zero-order valence-electron chi connectivity index (χ0n) is 16.5. The van der Waals surface area contributed by atoms with E-state index < -0.39 is 5.82 Å². The van der Waals surface area contributed by atoms with Crippen LogP contribution in [-0.2, 0) is 4.79 Å². The fourth-order valence-corrected chi connectivity index (χ4v) is 3.50. The van der Waals surface area contributed by atoms with E-state index in [2.05, 4.69) is 9.97 Å². The minimum Gasteiger partial charge on any atom is -0.484 e. The molecule has 1 aromatic carbocycles. The van der Waals surface area contributed by atoms with Gasteiger partial charge < -0.3 is 15.4 Å². The highest BCUT2D eigenvalue weighted by Gasteiger charge is 2.40. The molecular weight excluding hydrogens is 373 g/mol. The summed E-state index contributed by atoms with van der Waals surface area (Å²) in [4.78, 5) is 22.1. The van der Waals surface area contributed by atoms with Crippen LogP contribution >= 0.6 is 0 Å². The van der Waals surface area contributed by atoms with Crippen LogP contribution in [0.15, 0.2) is 24.5 Å². The summed E-state index contributed by atoms with van der Waals surface area (Å²) in [6, 6.07) is 4.36. The van der Waals surface area contributed by atoms with E-state index in [1.807, 2.05) is 11.8 Å². The number of nitrogen functional groups attached to an aromatic ring is 1. The number of nitrogens with two attached hydrogens (primary N) is 1. The van der Waals surface area contributed by atoms with Crippen LogP contribution in [-0.4, -0.2) is 40.2 Å². The number of rotatable bonds is 6. The van der Waals surface area contributed by atoms with Gasteiger partial charge >= 0.3 is 0 Å². The van der Waals surface area contributed by atoms with E-state index in [0.717, 1.165) is 25.8 Å². The molecule has 2 aliphatic rings. The summed E-state index contributed by atoms with van der Waals surface area (Å²) in [5, 5.41) is 8.58. The molecular formula is C21H24FN5O2. The van der Waals surface area contributed by atoms with Crippen molar-refractivity contribution in [3.05, 3.63) is 41.6 Å². The van der Waals surface area contributed by atoms with Crippen LogP contribution < -0.4 is 15.4 Å². The van der Waals surface area contributed by atoms with Gasteiger partial charge in [0.2, 0.25) is 0 Å². The lowest BCUT2D eigenvalue weighted by atomic mass is 10.0. The Morgan fingerprint density at radius 3 is 2.76 bits per heavy atom. The molecule has 0 amide bonds. The molecule has 1 aliphatic heterocycles. The fourth-order valence-electron chi connectivity index (χ4n) is 3.50. The molecule has 1 saturated heterocycles. The number of hydrogen-bond donors (Lipinski definition) is 2. The number of nitrogens with one attached hydrogen (secondary N) is 1. The van der Waals surface area contributed by atoms with E-state index in [9.17, 15) is 9.18 Å². The van der Waals surface area contributed by atoms with Crippen molar-refractivity contribution in [1.29, 1.82) is 5.41 Å². The number of aromatic nitrogens is 2. The highest BCUT2D eigenvalue weighted by Crippen LogP contribution is 2.41. The number of carbonyl (C=O) groups excluding carboxylic acids is 1. The zero-order valence-corrected chi connectivity index (χ0v) is 16.5. The monoisotopic (exact) mass is 397 g/mol. The Kier molecular flexibility index (Phi) is 4.72. The third-order valence-electron chi connectivity index (χ3n) is 5.68. The second kappa shape index (κ2) is 7.09. The van der Waals surface area contributed by atoms with Crippen LogP contribution in [0.5, 0.6) is 5.75 Å². The maximum absolute atomic E-state index is 14.3. The van der Waals surface area contributed by atoms with Gasteiger partial charge in [-0.2, -0.15) is 0 Å². The van der Waals surface area contributed by atoms with E-state index in [-0.39, 0.29) is 34.5 Å². The first-order chi connectivity index (χ1) is 13.8. The summed E-state index contributed by atoms with van der Waals surface area (Å²) >= 11 is 0. The smallest absolute Gasteiger partial charge is 0.167 e. The van der Waals surface area contributed by atoms with Gasteiger partial charge in [0, 0.05) is 42.4 Å². The molecule has 1 atom stereocenters. The van der Waals surface area contributed by atoms with Crippen molar-refractivity contribution in [2.45, 2.75) is 38.7 Å². The summed E-state index contributed by atoms with van der Waals surface area (Å²) in [7, 11) is 0. The molecule has 2 fully saturated rings. The van der Waals surface area contributed by atoms with Gasteiger partial charge in [-0.1, -0.05) is 0 Å². The molecule has 152 valence electrons. The number of benzene rings is 1. The molecule has 4 rings (SSSR count). The number of hydrogen-bond acceptors (Lipinski definition) is 7. The number of anilines is 2. The fraction of sp³-hybridized carbons (Fsp3) is 0.429. The average molecular weight is 397 g/mol. The van der Waals surface area contributed by atoms with E-state index in [4.69, 9.17) is 15.9 Å². The summed E-state index contributed by atoms with van der Waals surface area (Å²) in [6.07, 6.45) is 3.92. The Morgan fingerprint density at radius 2 is 2.10 bits per heavy atom. The number of ketones is 1. The highest BCUT2D eigenvalue weighted by molar-refractivity contribution is 6.13. The topological polar surface area (TPSA) is 105 Å². The van der Waals surface area contributed by atoms with Crippen LogP contribution in [0.2, 0.25) is 0 Å². The highest BCUT2D eigenvalue weighted by atomic mass is 19.1. The predicted octanol–water partition coefficient (Wildman–Crippen LogP) is 2.96. The number of carbonyl (C=O) groups is 1. The third-order valence-corrected chi connectivity index (χ3v) is 5.68. The van der Waals surface area contributed by atoms with Gasteiger partial charge in [-0.05, 0) is 39.2 Å². The van der Waals surface area contributed by atoms with Crippen molar-refractivity contribution in [1.82, 2.24) is 9.97 Å². The zero-order chi connectivity index (χ0) is 20.8. The van der Waals surface area contributed by atoms with Crippen LogP contribution in [0.3, 0.4) is 0 Å². The first-order valence-corrected chi connectivity index (χ1v) is 9.70. The van der Waals surface area contributed by atoms with Crippen LogP contribution in [0.1, 0.15) is 44.4 Å². The molecule has 1 unspecified atom stereocenters. The van der Waals surface area contributed by atoms with E-state index in [1.54, 1.807) is 13.0 Å². The number of Topliss-reactive ketones (excluding diaryl/α,β-unsaturated/α-hetero) is 1. The third kappa shape index (κ3) is 3.92. The lowest BCUT2D eigenvalue weighted by molar-refractivity contribution is -0.120. The van der Waals surface area contributed by atoms with Gasteiger partial charge in [0.25, 0.3) is 0 Å². The minimum atomic E-state index is -0.539. The maximum Gasteiger partial charge on any atom is 0.167 e. The van der Waals surface area contributed by atoms with Crippen molar-refractivity contribution >= 4 is 23.0 Å². The molecule has 7 nitrogen and oxygen atoms in total. The van der Waals surface area contributed by atoms with Crippen molar-refractivity contribution in [2.75, 3.05) is 23.7 Å². The standard InChI is InChI=1S/C21H24FN5O2/c1-12(28)13-3-6-27(10-13)19-9-17(25-11-26-19)20(24)14-7-18(15(22)8-16(14)23)29-21(2)4-5-21/h7-9,11,13,24H,3-6,10,23H2,1-2H3. The normalized spacial score (nSPS) is 19.8. The Labute approximate surface area is 168 Å². The molecule has 1 aromatic heterocycles. The van der Waals surface area contributed by atoms with Crippen LogP contribution in [0.25, 0.3) is 0 Å². The number of nitrogens with zero attached hydrogens (tertiary/aromatic N) is 3. The van der Waals surface area contributed by atoms with Gasteiger partial charge in [0.1, 0.15) is 23.5 Å². The quantitative estimate of drug-likeness (QED) is 0.573. The predicted molar refractivity (Wildman–Crippen MR) is 108 cm³/mol. The molecule has 0 bridgehead atoms. The van der Waals surface area contributed by atoms with E-state index in [0.29, 0.717) is 23.6 Å². The molecule has 2 heterocycles. The molecule has 0 radical (unpaired) electrons. The lowest BCUT2D eigenvalue weighted by Gasteiger charge is -2.18. The summed E-state index contributed by atoms with van der Waals surface area (Å²) in [5.41, 5.74) is 6.60. The molecule has 1 saturated carbocycles. The van der Waals surface area contributed by atoms with Crippen molar-refractivity contribution in [2.24, 2.45) is 5.92 Å². The SMILES string of the molecule is CC(=O)C1CCN(c2cc(C(=N)c3cc(OC4(C)CC4)c(F)cc3N)ncn2)C1. The summed E-state index contributed by atoms with van der Waals surface area (Å²) in [5.74, 6) is 0.390. The van der Waals surface area contributed by atoms with Gasteiger partial charge in [-0.3, -0.25) is 10.2 Å². The van der Waals surface area contributed by atoms with E-state index in [1.165, 1.54) is 18.5 Å². The van der Waals surface area contributed by atoms with Crippen molar-refractivity contribution in [3.63, 3.8) is 0 Å². The molecule has 3 N–H and O–H groups in total. The van der Waals surface area contributed by atoms with E-state index >= 15 is 0 Å². The molecule has 0 spiro atoms. The Balaban J connectivity index is 1.60. The maximum atomic E-state index is 14.3. The molecule has 1 aliphatic carbocycles. The van der Waals surface area contributed by atoms with Crippen LogP contribution in [0.4, 0.5) is 15.9 Å². The summed E-state index contributed by atoms with van der Waals surface area (Å²) < 4.78 is 20.1. The Hall–Kier alpha value is -3.03. The Bertz CT molecular complexity index is 989. The van der Waals surface area contributed by atoms with Gasteiger partial charge in [0.15, 0.2) is 11.6 Å². The largest absolute Gasteiger partial charge is 0.484 e.